The summed E-state index contributed by atoms with van der Waals surface area (Å²) in [5, 5.41) is 4.17. The Bertz CT molecular complexity index is 921. The number of unbranched alkanes of at least 4 members (excludes halogenated alkanes) is 1. The average Bonchev–Trinajstić information content (AvgIpc) is 2.97. The maximum Gasteiger partial charge on any atom is 0.225 e. The van der Waals surface area contributed by atoms with E-state index in [1.807, 2.05) is 45.2 Å². The lowest BCUT2D eigenvalue weighted by molar-refractivity contribution is -0.128. The van der Waals surface area contributed by atoms with Gasteiger partial charge in [-0.3, -0.25) is 9.78 Å². The van der Waals surface area contributed by atoms with Gasteiger partial charge in [0, 0.05) is 30.3 Å². The predicted molar refractivity (Wildman–Crippen MR) is 106 cm³/mol. The van der Waals surface area contributed by atoms with Gasteiger partial charge in [0.25, 0.3) is 0 Å². The monoisotopic (exact) mass is 352 g/mol. The number of nitrogens with zero attached hydrogens (tertiary/aromatic N) is 3. The third-order valence-corrected chi connectivity index (χ3v) is 4.61. The van der Waals surface area contributed by atoms with Gasteiger partial charge in [-0.15, -0.1) is 0 Å². The normalized spacial score (nSPS) is 12.0. The minimum absolute atomic E-state index is 0.0727. The molecule has 0 aliphatic carbocycles. The lowest BCUT2D eigenvalue weighted by atomic mass is 9.96. The smallest absolute Gasteiger partial charge is 0.225 e. The summed E-state index contributed by atoms with van der Waals surface area (Å²) in [7, 11) is 0. The number of aromatic nitrogens is 3. The van der Waals surface area contributed by atoms with Crippen LogP contribution in [0.4, 0.5) is 0 Å². The highest BCUT2D eigenvalue weighted by Crippen LogP contribution is 2.25. The fourth-order valence-corrected chi connectivity index (χ4v) is 3.12. The number of carbonyl (C=O) groups excluding carboxylic acids is 1. The minimum atomic E-state index is -0.376. The summed E-state index contributed by atoms with van der Waals surface area (Å²) < 4.78 is 2.26. The SMILES string of the molecule is CCCCc1nc2cnc3ccccc3c2n1CCNC(=O)C(C)(C)C. The molecular weight excluding hydrogens is 324 g/mol. The number of imidazole rings is 1. The molecule has 0 atom stereocenters. The zero-order valence-corrected chi connectivity index (χ0v) is 16.2. The molecule has 0 fully saturated rings. The van der Waals surface area contributed by atoms with Crippen LogP contribution in [-0.4, -0.2) is 27.0 Å². The molecule has 3 aromatic rings. The van der Waals surface area contributed by atoms with Crippen LogP contribution >= 0.6 is 0 Å². The van der Waals surface area contributed by atoms with Crippen LogP contribution in [-0.2, 0) is 17.8 Å². The second kappa shape index (κ2) is 7.44. The molecule has 5 nitrogen and oxygen atoms in total. The summed E-state index contributed by atoms with van der Waals surface area (Å²) in [6.45, 7) is 9.29. The van der Waals surface area contributed by atoms with E-state index in [0.717, 1.165) is 47.0 Å². The maximum absolute atomic E-state index is 12.2. The number of pyridine rings is 1. The van der Waals surface area contributed by atoms with Gasteiger partial charge in [-0.25, -0.2) is 4.98 Å². The van der Waals surface area contributed by atoms with Crippen LogP contribution in [0.1, 0.15) is 46.4 Å². The van der Waals surface area contributed by atoms with E-state index in [1.54, 1.807) is 0 Å². The number of benzene rings is 1. The van der Waals surface area contributed by atoms with Crippen molar-refractivity contribution in [3.8, 4) is 0 Å². The van der Waals surface area contributed by atoms with Crippen LogP contribution in [0.15, 0.2) is 30.5 Å². The number of carbonyl (C=O) groups is 1. The summed E-state index contributed by atoms with van der Waals surface area (Å²) in [4.78, 5) is 21.6. The van der Waals surface area contributed by atoms with E-state index in [0.29, 0.717) is 13.1 Å². The van der Waals surface area contributed by atoms with E-state index in [4.69, 9.17) is 4.98 Å². The summed E-state index contributed by atoms with van der Waals surface area (Å²) in [6.07, 6.45) is 5.02. The Labute approximate surface area is 154 Å². The van der Waals surface area contributed by atoms with Gasteiger partial charge in [0.1, 0.15) is 11.3 Å². The summed E-state index contributed by atoms with van der Waals surface area (Å²) in [5.41, 5.74) is 2.64. The molecule has 0 aliphatic rings. The van der Waals surface area contributed by atoms with Gasteiger partial charge >= 0.3 is 0 Å². The first-order valence-corrected chi connectivity index (χ1v) is 9.43. The molecule has 0 saturated heterocycles. The van der Waals surface area contributed by atoms with Crippen LogP contribution < -0.4 is 5.32 Å². The van der Waals surface area contributed by atoms with E-state index in [2.05, 4.69) is 27.9 Å². The fourth-order valence-electron chi connectivity index (χ4n) is 3.12. The zero-order chi connectivity index (χ0) is 18.7. The third-order valence-electron chi connectivity index (χ3n) is 4.61. The van der Waals surface area contributed by atoms with Crippen molar-refractivity contribution in [2.45, 2.75) is 53.5 Å². The fraction of sp³-hybridized carbons (Fsp3) is 0.476. The highest BCUT2D eigenvalue weighted by atomic mass is 16.2. The minimum Gasteiger partial charge on any atom is -0.354 e. The second-order valence-electron chi connectivity index (χ2n) is 7.80. The number of para-hydroxylation sites is 1. The standard InChI is InChI=1S/C21H28N4O/c1-5-6-11-18-24-17-14-23-16-10-8-7-9-15(16)19(17)25(18)13-12-22-20(26)21(2,3)4/h7-10,14H,5-6,11-13H2,1-4H3,(H,22,26). The summed E-state index contributed by atoms with van der Waals surface area (Å²) >= 11 is 0. The van der Waals surface area contributed by atoms with Gasteiger partial charge in [0.05, 0.1) is 17.2 Å². The van der Waals surface area contributed by atoms with Gasteiger partial charge in [-0.05, 0) is 12.5 Å². The number of amides is 1. The van der Waals surface area contributed by atoms with Crippen LogP contribution in [0, 0.1) is 5.41 Å². The molecule has 1 amide bonds. The highest BCUT2D eigenvalue weighted by Gasteiger charge is 2.21. The summed E-state index contributed by atoms with van der Waals surface area (Å²) in [5.74, 6) is 1.15. The Kier molecular flexibility index (Phi) is 5.25. The van der Waals surface area contributed by atoms with E-state index < -0.39 is 0 Å². The Balaban J connectivity index is 1.97. The molecule has 1 aromatic carbocycles. The first kappa shape index (κ1) is 18.4. The van der Waals surface area contributed by atoms with Crippen molar-refractivity contribution in [1.82, 2.24) is 19.9 Å². The van der Waals surface area contributed by atoms with E-state index in [-0.39, 0.29) is 11.3 Å². The topological polar surface area (TPSA) is 59.8 Å². The third kappa shape index (κ3) is 3.71. The number of hydrogen-bond acceptors (Lipinski definition) is 3. The lowest BCUT2D eigenvalue weighted by Crippen LogP contribution is -2.36. The molecule has 0 spiro atoms. The lowest BCUT2D eigenvalue weighted by Gasteiger charge is -2.18. The Morgan fingerprint density at radius 2 is 1.96 bits per heavy atom. The van der Waals surface area contributed by atoms with Gasteiger partial charge in [-0.2, -0.15) is 0 Å². The van der Waals surface area contributed by atoms with Crippen molar-refractivity contribution < 1.29 is 4.79 Å². The molecule has 26 heavy (non-hydrogen) atoms. The van der Waals surface area contributed by atoms with Crippen molar-refractivity contribution >= 4 is 27.8 Å². The second-order valence-corrected chi connectivity index (χ2v) is 7.80. The van der Waals surface area contributed by atoms with Crippen molar-refractivity contribution in [3.05, 3.63) is 36.3 Å². The highest BCUT2D eigenvalue weighted by molar-refractivity contribution is 6.02. The van der Waals surface area contributed by atoms with Crippen LogP contribution in [0.5, 0.6) is 0 Å². The van der Waals surface area contributed by atoms with Crippen molar-refractivity contribution in [2.75, 3.05) is 6.54 Å². The predicted octanol–water partition coefficient (Wildman–Crippen LogP) is 4.09. The van der Waals surface area contributed by atoms with Gasteiger partial charge in [0.2, 0.25) is 5.91 Å². The number of fused-ring (bicyclic) bond motifs is 3. The van der Waals surface area contributed by atoms with Crippen LogP contribution in [0.2, 0.25) is 0 Å². The van der Waals surface area contributed by atoms with E-state index in [1.165, 1.54) is 0 Å². The van der Waals surface area contributed by atoms with E-state index in [9.17, 15) is 4.79 Å². The molecule has 5 heteroatoms. The Morgan fingerprint density at radius 3 is 2.69 bits per heavy atom. The molecule has 138 valence electrons. The Hall–Kier alpha value is -2.43. The molecule has 0 unspecified atom stereocenters. The first-order chi connectivity index (χ1) is 12.4. The van der Waals surface area contributed by atoms with Crippen LogP contribution in [0.3, 0.4) is 0 Å². The molecule has 0 radical (unpaired) electrons. The molecule has 2 heterocycles. The molecule has 2 aromatic heterocycles. The number of hydrogen-bond donors (Lipinski definition) is 1. The summed E-state index contributed by atoms with van der Waals surface area (Å²) in [6, 6.07) is 8.16. The number of aryl methyl sites for hydroxylation is 1. The first-order valence-electron chi connectivity index (χ1n) is 9.43. The maximum atomic E-state index is 12.2. The quantitative estimate of drug-likeness (QED) is 0.727. The largest absolute Gasteiger partial charge is 0.354 e. The molecule has 0 bridgehead atoms. The number of rotatable bonds is 6. The van der Waals surface area contributed by atoms with Crippen molar-refractivity contribution in [3.63, 3.8) is 0 Å². The number of nitrogens with one attached hydrogen (secondary N) is 1. The molecule has 3 rings (SSSR count). The van der Waals surface area contributed by atoms with Crippen molar-refractivity contribution in [2.24, 2.45) is 5.41 Å². The molecule has 0 saturated carbocycles. The molecule has 1 N–H and O–H groups in total. The molecular formula is C21H28N4O. The molecule has 0 aliphatic heterocycles. The van der Waals surface area contributed by atoms with E-state index >= 15 is 0 Å². The van der Waals surface area contributed by atoms with Gasteiger partial charge < -0.3 is 9.88 Å². The Morgan fingerprint density at radius 1 is 1.19 bits per heavy atom. The average molecular weight is 352 g/mol. The van der Waals surface area contributed by atoms with Crippen LogP contribution in [0.25, 0.3) is 21.9 Å². The zero-order valence-electron chi connectivity index (χ0n) is 16.2. The van der Waals surface area contributed by atoms with Gasteiger partial charge in [0.15, 0.2) is 0 Å². The van der Waals surface area contributed by atoms with Crippen molar-refractivity contribution in [1.29, 1.82) is 0 Å². The van der Waals surface area contributed by atoms with Gasteiger partial charge in [-0.1, -0.05) is 52.3 Å².